The molecule has 2 aliphatic rings. The Hall–Kier alpha value is -3.68. The number of hydrogen-bond donors (Lipinski definition) is 5. The molecule has 0 radical (unpaired) electrons. The Morgan fingerprint density at radius 1 is 1.38 bits per heavy atom. The van der Waals surface area contributed by atoms with E-state index in [4.69, 9.17) is 16.3 Å². The summed E-state index contributed by atoms with van der Waals surface area (Å²) in [4.78, 5) is 47.3. The molecule has 7 N–H and O–H groups in total. The topological polar surface area (TPSA) is 258 Å². The van der Waals surface area contributed by atoms with Crippen LogP contribution in [0.5, 0.6) is 0 Å². The lowest BCUT2D eigenvalue weighted by Crippen LogP contribution is -2.73. The normalized spacial score (nSPS) is 20.9. The second-order valence-electron chi connectivity index (χ2n) is 8.31. The van der Waals surface area contributed by atoms with Crippen molar-refractivity contribution in [2.24, 2.45) is 10.9 Å². The van der Waals surface area contributed by atoms with Crippen molar-refractivity contribution in [1.29, 1.82) is 0 Å². The fraction of sp³-hybridized carbons (Fsp3) is 0.500. The van der Waals surface area contributed by atoms with E-state index in [0.29, 0.717) is 25.1 Å². The van der Waals surface area contributed by atoms with Gasteiger partial charge in [-0.05, 0) is 19.4 Å². The first-order valence-corrected chi connectivity index (χ1v) is 13.1. The van der Waals surface area contributed by atoms with Crippen LogP contribution in [0.25, 0.3) is 0 Å². The molecule has 1 aliphatic heterocycles. The first-order valence-electron chi connectivity index (χ1n) is 10.9. The summed E-state index contributed by atoms with van der Waals surface area (Å²) in [5, 5.41) is 25.0. The molecule has 4 rings (SSSR count). The number of anilines is 1. The van der Waals surface area contributed by atoms with Crippen LogP contribution in [0, 0.1) is 0 Å². The maximum atomic E-state index is 13.1. The van der Waals surface area contributed by atoms with Gasteiger partial charge in [-0.3, -0.25) is 14.1 Å². The van der Waals surface area contributed by atoms with Crippen molar-refractivity contribution in [3.8, 4) is 0 Å². The third-order valence-electron chi connectivity index (χ3n) is 5.66. The summed E-state index contributed by atoms with van der Waals surface area (Å²) in [6.07, 6.45) is 2.97. The Labute approximate surface area is 213 Å². The quantitative estimate of drug-likeness (QED) is 0.0800. The molecule has 2 aromatic rings. The Kier molecular flexibility index (Phi) is 7.13. The lowest BCUT2D eigenvalue weighted by atomic mass is 9.98. The molecule has 37 heavy (non-hydrogen) atoms. The van der Waals surface area contributed by atoms with Crippen molar-refractivity contribution in [2.45, 2.75) is 49.9 Å². The standard InChI is InChI=1S/C18H23N9O8S2/c19-5-1-2-9-6-21-26(24-9)7-11-13(15(29)27(11)37(32,33)34)23-14(28)12(10-8-36-17(20)22-10)25-35-18(3-4-18)16(30)31/h6,8,11,13H,1-5,7,19H2,(H2,20,22)(H,23,28)(H,30,31)(H,32,33,34)/b25-12-/t11-,13+/m1/s1. The summed E-state index contributed by atoms with van der Waals surface area (Å²) >= 11 is 0.977. The number of carboxylic acid groups (broad SMARTS) is 1. The molecule has 19 heteroatoms. The first-order chi connectivity index (χ1) is 17.4. The molecule has 0 bridgehead atoms. The maximum Gasteiger partial charge on any atom is 0.362 e. The van der Waals surface area contributed by atoms with E-state index in [0.717, 1.165) is 16.1 Å². The zero-order chi connectivity index (χ0) is 27.0. The number of thiazole rings is 1. The van der Waals surface area contributed by atoms with E-state index in [1.165, 1.54) is 11.6 Å². The number of β-lactam (4-membered cyclic amide) rings is 1. The van der Waals surface area contributed by atoms with Gasteiger partial charge in [0, 0.05) is 18.2 Å². The largest absolute Gasteiger partial charge is 0.478 e. The molecule has 17 nitrogen and oxygen atoms in total. The van der Waals surface area contributed by atoms with Gasteiger partial charge >= 0.3 is 16.3 Å². The Morgan fingerprint density at radius 2 is 2.11 bits per heavy atom. The number of nitrogens with one attached hydrogen (secondary N) is 1. The van der Waals surface area contributed by atoms with E-state index in [1.807, 2.05) is 0 Å². The van der Waals surface area contributed by atoms with Crippen molar-refractivity contribution >= 4 is 50.3 Å². The van der Waals surface area contributed by atoms with E-state index in [9.17, 15) is 32.5 Å². The van der Waals surface area contributed by atoms with Crippen LogP contribution < -0.4 is 16.8 Å². The molecule has 1 saturated carbocycles. The minimum atomic E-state index is -4.96. The van der Waals surface area contributed by atoms with Gasteiger partial charge in [0.25, 0.3) is 11.8 Å². The maximum absolute atomic E-state index is 13.1. The molecule has 2 aromatic heterocycles. The van der Waals surface area contributed by atoms with Crippen LogP contribution in [-0.2, 0) is 42.5 Å². The molecule has 0 spiro atoms. The molecular formula is C18H23N9O8S2. The van der Waals surface area contributed by atoms with E-state index >= 15 is 0 Å². The van der Waals surface area contributed by atoms with Crippen molar-refractivity contribution < 1.29 is 37.3 Å². The van der Waals surface area contributed by atoms with Gasteiger partial charge in [-0.2, -0.15) is 23.4 Å². The van der Waals surface area contributed by atoms with Gasteiger partial charge in [-0.15, -0.1) is 11.3 Å². The number of aromatic nitrogens is 4. The Morgan fingerprint density at radius 3 is 2.68 bits per heavy atom. The SMILES string of the molecule is NCCCc1cnn(C[C@@H]2[C@H](NC(=O)/C(=N\OC3(C(=O)O)CC3)c3csc(N)n3)C(=O)N2S(=O)(=O)O)n1. The third-order valence-corrected chi connectivity index (χ3v) is 7.28. The smallest absolute Gasteiger partial charge is 0.362 e. The average Bonchev–Trinajstić information content (AvgIpc) is 3.29. The van der Waals surface area contributed by atoms with Crippen LogP contribution in [0.15, 0.2) is 16.7 Å². The van der Waals surface area contributed by atoms with E-state index in [2.05, 4.69) is 25.7 Å². The van der Waals surface area contributed by atoms with Gasteiger partial charge in [-0.25, -0.2) is 14.1 Å². The van der Waals surface area contributed by atoms with E-state index < -0.39 is 51.5 Å². The summed E-state index contributed by atoms with van der Waals surface area (Å²) in [6, 6.07) is -2.71. The number of nitrogen functional groups attached to an aromatic ring is 1. The fourth-order valence-corrected chi connectivity index (χ4v) is 4.95. The number of carboxylic acids is 1. The number of rotatable bonds is 12. The highest BCUT2D eigenvalue weighted by atomic mass is 32.2. The minimum Gasteiger partial charge on any atom is -0.478 e. The van der Waals surface area contributed by atoms with E-state index in [1.54, 1.807) is 0 Å². The molecule has 2 fully saturated rings. The zero-order valence-corrected chi connectivity index (χ0v) is 20.7. The van der Waals surface area contributed by atoms with Gasteiger partial charge in [0.05, 0.1) is 18.4 Å². The van der Waals surface area contributed by atoms with Crippen molar-refractivity contribution in [3.63, 3.8) is 0 Å². The van der Waals surface area contributed by atoms with Gasteiger partial charge in [0.15, 0.2) is 10.8 Å². The van der Waals surface area contributed by atoms with Gasteiger partial charge in [0.2, 0.25) is 5.60 Å². The number of nitrogens with two attached hydrogens (primary N) is 2. The fourth-order valence-electron chi connectivity index (χ4n) is 3.53. The van der Waals surface area contributed by atoms with Crippen molar-refractivity contribution in [3.05, 3.63) is 23.0 Å². The lowest BCUT2D eigenvalue weighted by molar-refractivity contribution is -0.153. The summed E-state index contributed by atoms with van der Waals surface area (Å²) in [5.41, 5.74) is 9.60. The Bertz CT molecular complexity index is 1350. The summed E-state index contributed by atoms with van der Waals surface area (Å²) in [6.45, 7) is 0.147. The van der Waals surface area contributed by atoms with Gasteiger partial charge in [-0.1, -0.05) is 5.16 Å². The number of aryl methyl sites for hydroxylation is 1. The highest BCUT2D eigenvalue weighted by molar-refractivity contribution is 7.84. The zero-order valence-electron chi connectivity index (χ0n) is 19.1. The molecule has 1 saturated heterocycles. The molecule has 2 atom stereocenters. The lowest BCUT2D eigenvalue weighted by Gasteiger charge is -2.43. The predicted molar refractivity (Wildman–Crippen MR) is 125 cm³/mol. The summed E-state index contributed by atoms with van der Waals surface area (Å²) < 4.78 is 33.4. The first kappa shape index (κ1) is 26.4. The second-order valence-corrected chi connectivity index (χ2v) is 10.5. The van der Waals surface area contributed by atoms with Crippen LogP contribution >= 0.6 is 11.3 Å². The van der Waals surface area contributed by atoms with Crippen LogP contribution in [0.3, 0.4) is 0 Å². The predicted octanol–water partition coefficient (Wildman–Crippen LogP) is -2.26. The summed E-state index contributed by atoms with van der Waals surface area (Å²) in [5.74, 6) is -3.38. The second kappa shape index (κ2) is 10.00. The van der Waals surface area contributed by atoms with Crippen LogP contribution in [0.2, 0.25) is 0 Å². The molecule has 0 aromatic carbocycles. The van der Waals surface area contributed by atoms with Crippen LogP contribution in [0.1, 0.15) is 30.7 Å². The van der Waals surface area contributed by atoms with Crippen molar-refractivity contribution in [1.82, 2.24) is 29.6 Å². The van der Waals surface area contributed by atoms with Crippen molar-refractivity contribution in [2.75, 3.05) is 12.3 Å². The number of amides is 2. The molecule has 200 valence electrons. The highest BCUT2D eigenvalue weighted by Crippen LogP contribution is 2.40. The van der Waals surface area contributed by atoms with Crippen LogP contribution in [0.4, 0.5) is 5.13 Å². The number of aliphatic carboxylic acids is 1. The minimum absolute atomic E-state index is 0.0468. The molecule has 0 unspecified atom stereocenters. The highest BCUT2D eigenvalue weighted by Gasteiger charge is 2.56. The number of hydrogen-bond acceptors (Lipinski definition) is 13. The Balaban J connectivity index is 1.56. The average molecular weight is 558 g/mol. The third kappa shape index (κ3) is 5.53. The number of oxime groups is 1. The number of carbonyl (C=O) groups excluding carboxylic acids is 2. The molecule has 3 heterocycles. The molecule has 2 amide bonds. The van der Waals surface area contributed by atoms with E-state index in [-0.39, 0.29) is 34.5 Å². The van der Waals surface area contributed by atoms with Gasteiger partial charge in [0.1, 0.15) is 17.8 Å². The monoisotopic (exact) mass is 557 g/mol. The molecule has 1 aliphatic carbocycles. The summed E-state index contributed by atoms with van der Waals surface area (Å²) in [7, 11) is -4.96. The number of carbonyl (C=O) groups is 3. The van der Waals surface area contributed by atoms with Gasteiger partial charge < -0.3 is 26.7 Å². The number of nitrogens with zero attached hydrogens (tertiary/aromatic N) is 6. The molecular weight excluding hydrogens is 534 g/mol. The van der Waals surface area contributed by atoms with Crippen LogP contribution in [-0.4, -0.2) is 90.1 Å².